The number of hydrogen-bond donors (Lipinski definition) is 4. The monoisotopic (exact) mass is 398 g/mol. The molecular formula is C18H18N6O3S. The van der Waals surface area contributed by atoms with E-state index in [0.29, 0.717) is 23.5 Å². The topological polar surface area (TPSA) is 129 Å². The minimum Gasteiger partial charge on any atom is -0.351 e. The van der Waals surface area contributed by atoms with Crippen LogP contribution in [0.5, 0.6) is 0 Å². The van der Waals surface area contributed by atoms with E-state index in [2.05, 4.69) is 31.1 Å². The Morgan fingerprint density at radius 1 is 0.964 bits per heavy atom. The van der Waals surface area contributed by atoms with Crippen molar-refractivity contribution in [1.82, 2.24) is 15.0 Å². The molecule has 1 aliphatic rings. The first-order valence-electron chi connectivity index (χ1n) is 8.63. The molecule has 4 rings (SSSR count). The summed E-state index contributed by atoms with van der Waals surface area (Å²) in [6.45, 7) is 0. The summed E-state index contributed by atoms with van der Waals surface area (Å²) in [6.07, 6.45) is 5.61. The zero-order valence-corrected chi connectivity index (χ0v) is 15.5. The first kappa shape index (κ1) is 18.1. The molecule has 0 spiro atoms. The number of nitrogens with one attached hydrogen (secondary N) is 3. The molecule has 10 heteroatoms. The predicted molar refractivity (Wildman–Crippen MR) is 105 cm³/mol. The smallest absolute Gasteiger partial charge is 0.294 e. The molecule has 1 fully saturated rings. The van der Waals surface area contributed by atoms with Gasteiger partial charge in [-0.05, 0) is 49.2 Å². The maximum Gasteiger partial charge on any atom is 0.294 e. The highest BCUT2D eigenvalue weighted by Gasteiger charge is 2.22. The van der Waals surface area contributed by atoms with E-state index in [9.17, 15) is 8.42 Å². The number of benzene rings is 1. The third-order valence-electron chi connectivity index (χ3n) is 4.10. The summed E-state index contributed by atoms with van der Waals surface area (Å²) >= 11 is 0. The van der Waals surface area contributed by atoms with E-state index in [0.717, 1.165) is 24.1 Å². The summed E-state index contributed by atoms with van der Waals surface area (Å²) in [5.41, 5.74) is 8.21. The lowest BCUT2D eigenvalue weighted by Gasteiger charge is -2.13. The van der Waals surface area contributed by atoms with Crippen molar-refractivity contribution >= 4 is 27.6 Å². The summed E-state index contributed by atoms with van der Waals surface area (Å²) in [7, 11) is -4.22. The van der Waals surface area contributed by atoms with Gasteiger partial charge in [-0.3, -0.25) is 20.4 Å². The van der Waals surface area contributed by atoms with Gasteiger partial charge in [0, 0.05) is 30.1 Å². The van der Waals surface area contributed by atoms with Crippen LogP contribution in [0, 0.1) is 0 Å². The van der Waals surface area contributed by atoms with Gasteiger partial charge in [-0.25, -0.2) is 4.98 Å². The highest BCUT2D eigenvalue weighted by atomic mass is 32.2. The van der Waals surface area contributed by atoms with E-state index in [1.807, 2.05) is 12.1 Å². The fraction of sp³-hybridized carbons (Fsp3) is 0.167. The van der Waals surface area contributed by atoms with Crippen LogP contribution in [-0.2, 0) is 10.1 Å². The summed E-state index contributed by atoms with van der Waals surface area (Å²) in [6, 6.07) is 11.6. The van der Waals surface area contributed by atoms with E-state index in [1.165, 1.54) is 24.3 Å². The van der Waals surface area contributed by atoms with E-state index in [1.54, 1.807) is 18.5 Å². The molecule has 2 aromatic heterocycles. The molecule has 9 nitrogen and oxygen atoms in total. The fourth-order valence-electron chi connectivity index (χ4n) is 2.50. The lowest BCUT2D eigenvalue weighted by molar-refractivity contribution is 0.483. The van der Waals surface area contributed by atoms with Gasteiger partial charge in [0.2, 0.25) is 5.95 Å². The van der Waals surface area contributed by atoms with Gasteiger partial charge in [-0.1, -0.05) is 0 Å². The van der Waals surface area contributed by atoms with Gasteiger partial charge in [0.05, 0.1) is 16.3 Å². The second-order valence-electron chi connectivity index (χ2n) is 6.37. The van der Waals surface area contributed by atoms with Gasteiger partial charge >= 0.3 is 0 Å². The third-order valence-corrected chi connectivity index (χ3v) is 4.97. The molecule has 0 saturated heterocycles. The third kappa shape index (κ3) is 4.53. The molecule has 0 bridgehead atoms. The molecule has 0 aliphatic heterocycles. The number of nitrogens with zero attached hydrogens (tertiary/aromatic N) is 3. The molecule has 1 saturated carbocycles. The van der Waals surface area contributed by atoms with Crippen molar-refractivity contribution in [3.8, 4) is 11.3 Å². The van der Waals surface area contributed by atoms with E-state index < -0.39 is 10.1 Å². The van der Waals surface area contributed by atoms with Crippen molar-refractivity contribution in [2.75, 3.05) is 16.2 Å². The lowest BCUT2D eigenvalue weighted by Crippen LogP contribution is -2.13. The minimum atomic E-state index is -4.22. The summed E-state index contributed by atoms with van der Waals surface area (Å²) in [4.78, 5) is 12.9. The van der Waals surface area contributed by atoms with Gasteiger partial charge in [0.25, 0.3) is 10.1 Å². The van der Waals surface area contributed by atoms with Crippen LogP contribution >= 0.6 is 0 Å². The standard InChI is InChI=1S/C18H18N6O3S/c25-28(26,27)15-5-3-14(4-6-15)23-24-17-11-16(12-7-9-19-10-8-12)21-18(22-17)20-13-1-2-13/h3-11,13,23H,1-2H2,(H,25,26,27)(H2,20,21,22,24). The first-order valence-corrected chi connectivity index (χ1v) is 10.1. The van der Waals surface area contributed by atoms with Gasteiger partial charge < -0.3 is 5.32 Å². The molecule has 1 aliphatic carbocycles. The molecule has 0 unspecified atom stereocenters. The minimum absolute atomic E-state index is 0.170. The van der Waals surface area contributed by atoms with Crippen molar-refractivity contribution in [2.24, 2.45) is 0 Å². The van der Waals surface area contributed by atoms with Crippen LogP contribution in [0.15, 0.2) is 59.8 Å². The molecule has 3 aromatic rings. The molecule has 2 heterocycles. The van der Waals surface area contributed by atoms with Crippen molar-refractivity contribution in [3.05, 3.63) is 54.9 Å². The zero-order chi connectivity index (χ0) is 19.6. The Labute approximate surface area is 162 Å². The number of aromatic nitrogens is 3. The Morgan fingerprint density at radius 3 is 2.32 bits per heavy atom. The Morgan fingerprint density at radius 2 is 1.68 bits per heavy atom. The highest BCUT2D eigenvalue weighted by Crippen LogP contribution is 2.26. The van der Waals surface area contributed by atoms with Crippen molar-refractivity contribution < 1.29 is 13.0 Å². The number of hydrogen-bond acceptors (Lipinski definition) is 8. The molecular weight excluding hydrogens is 380 g/mol. The van der Waals surface area contributed by atoms with Crippen LogP contribution in [0.4, 0.5) is 17.5 Å². The van der Waals surface area contributed by atoms with Crippen LogP contribution in [0.25, 0.3) is 11.3 Å². The molecule has 0 radical (unpaired) electrons. The van der Waals surface area contributed by atoms with Crippen molar-refractivity contribution in [3.63, 3.8) is 0 Å². The molecule has 0 amide bonds. The SMILES string of the molecule is O=S(=O)(O)c1ccc(NNc2cc(-c3ccncc3)nc(NC3CC3)n2)cc1. The van der Waals surface area contributed by atoms with Crippen molar-refractivity contribution in [2.45, 2.75) is 23.8 Å². The summed E-state index contributed by atoms with van der Waals surface area (Å²) < 4.78 is 31.3. The van der Waals surface area contributed by atoms with Crippen LogP contribution in [0.3, 0.4) is 0 Å². The fourth-order valence-corrected chi connectivity index (χ4v) is 2.98. The maximum atomic E-state index is 11.1. The Bertz CT molecular complexity index is 1070. The predicted octanol–water partition coefficient (Wildman–Crippen LogP) is 2.80. The molecule has 144 valence electrons. The lowest BCUT2D eigenvalue weighted by atomic mass is 10.2. The van der Waals surface area contributed by atoms with Gasteiger partial charge in [-0.15, -0.1) is 0 Å². The zero-order valence-electron chi connectivity index (χ0n) is 14.7. The van der Waals surface area contributed by atoms with Crippen molar-refractivity contribution in [1.29, 1.82) is 0 Å². The summed E-state index contributed by atoms with van der Waals surface area (Å²) in [5, 5.41) is 3.29. The molecule has 1 aromatic carbocycles. The van der Waals surface area contributed by atoms with Gasteiger partial charge in [-0.2, -0.15) is 13.4 Å². The van der Waals surface area contributed by atoms with E-state index in [-0.39, 0.29) is 4.90 Å². The Balaban J connectivity index is 1.54. The quantitative estimate of drug-likeness (QED) is 0.351. The van der Waals surface area contributed by atoms with Gasteiger partial charge in [0.1, 0.15) is 0 Å². The summed E-state index contributed by atoms with van der Waals surface area (Å²) in [5.74, 6) is 1.08. The van der Waals surface area contributed by atoms with Crippen LogP contribution in [0.1, 0.15) is 12.8 Å². The van der Waals surface area contributed by atoms with Crippen LogP contribution in [0.2, 0.25) is 0 Å². The van der Waals surface area contributed by atoms with E-state index in [4.69, 9.17) is 4.55 Å². The molecule has 28 heavy (non-hydrogen) atoms. The number of anilines is 3. The number of rotatable bonds is 7. The van der Waals surface area contributed by atoms with E-state index >= 15 is 0 Å². The number of hydrazine groups is 1. The Hall–Kier alpha value is -3.24. The number of pyridine rings is 1. The molecule has 0 atom stereocenters. The second kappa shape index (κ2) is 7.41. The average molecular weight is 398 g/mol. The van der Waals surface area contributed by atoms with Crippen LogP contribution < -0.4 is 16.2 Å². The first-order chi connectivity index (χ1) is 13.5. The average Bonchev–Trinajstić information content (AvgIpc) is 3.50. The second-order valence-corrected chi connectivity index (χ2v) is 7.79. The maximum absolute atomic E-state index is 11.1. The Kier molecular flexibility index (Phi) is 4.80. The van der Waals surface area contributed by atoms with Gasteiger partial charge in [0.15, 0.2) is 5.82 Å². The molecule has 4 N–H and O–H groups in total. The largest absolute Gasteiger partial charge is 0.351 e. The van der Waals surface area contributed by atoms with Crippen LogP contribution in [-0.4, -0.2) is 34.0 Å². The normalized spacial score (nSPS) is 13.8. The highest BCUT2D eigenvalue weighted by molar-refractivity contribution is 7.85.